The molecule has 0 aliphatic rings. The van der Waals surface area contributed by atoms with Crippen LogP contribution >= 0.6 is 34.8 Å². The first-order valence-electron chi connectivity index (χ1n) is 3.59. The van der Waals surface area contributed by atoms with E-state index in [1.165, 1.54) is 12.4 Å². The van der Waals surface area contributed by atoms with Crippen LogP contribution in [0.4, 0.5) is 0 Å². The molecule has 0 fully saturated rings. The molecule has 0 saturated carbocycles. The average Bonchev–Trinajstić information content (AvgIpc) is 2.10. The zero-order chi connectivity index (χ0) is 9.68. The van der Waals surface area contributed by atoms with Gasteiger partial charge in [-0.1, -0.05) is 35.0 Å². The van der Waals surface area contributed by atoms with Crippen LogP contribution in [-0.2, 0) is 0 Å². The lowest BCUT2D eigenvalue weighted by Gasteiger charge is -1.96. The molecule has 0 aliphatic heterocycles. The van der Waals surface area contributed by atoms with Crippen molar-refractivity contribution in [3.05, 3.63) is 28.0 Å². The van der Waals surface area contributed by atoms with Gasteiger partial charge in [0.25, 0.3) is 0 Å². The molecule has 0 saturated heterocycles. The Morgan fingerprint density at radius 2 is 1.85 bits per heavy atom. The second-order valence-corrected chi connectivity index (χ2v) is 3.41. The largest absolute Gasteiger partial charge is 0.262 e. The van der Waals surface area contributed by atoms with Gasteiger partial charge in [-0.2, -0.15) is 0 Å². The molecule has 0 atom stereocenters. The quantitative estimate of drug-likeness (QED) is 0.536. The minimum absolute atomic E-state index is 0.467. The summed E-state index contributed by atoms with van der Waals surface area (Å²) >= 11 is 17.1. The zero-order valence-corrected chi connectivity index (χ0v) is 8.92. The number of nitrogens with zero attached hydrogens (tertiary/aromatic N) is 1. The third-order valence-electron chi connectivity index (χ3n) is 1.29. The van der Waals surface area contributed by atoms with Crippen LogP contribution in [0.2, 0.25) is 10.0 Å². The first-order chi connectivity index (χ1) is 6.25. The van der Waals surface area contributed by atoms with E-state index in [-0.39, 0.29) is 0 Å². The van der Waals surface area contributed by atoms with Gasteiger partial charge in [0.05, 0.1) is 15.6 Å². The maximum atomic E-state index is 5.83. The highest BCUT2D eigenvalue weighted by Crippen LogP contribution is 2.21. The molecule has 13 heavy (non-hydrogen) atoms. The molecule has 68 valence electrons. The Kier molecular flexibility index (Phi) is 4.38. The molecule has 0 N–H and O–H groups in total. The average molecular weight is 235 g/mol. The van der Waals surface area contributed by atoms with Crippen LogP contribution in [0, 0.1) is 11.8 Å². The van der Waals surface area contributed by atoms with E-state index in [1.807, 2.05) is 0 Å². The molecule has 0 aromatic carbocycles. The molecule has 1 heterocycles. The van der Waals surface area contributed by atoms with Gasteiger partial charge in [-0.15, -0.1) is 11.6 Å². The van der Waals surface area contributed by atoms with Gasteiger partial charge in [-0.25, -0.2) is 0 Å². The Bertz CT molecular complexity index is 331. The molecule has 1 nitrogen and oxygen atoms in total. The van der Waals surface area contributed by atoms with Crippen LogP contribution < -0.4 is 0 Å². The van der Waals surface area contributed by atoms with Crippen molar-refractivity contribution in [2.45, 2.75) is 6.42 Å². The number of hydrogen-bond acceptors (Lipinski definition) is 1. The Hall–Kier alpha value is -0.420. The van der Waals surface area contributed by atoms with Gasteiger partial charge in [-0.3, -0.25) is 4.98 Å². The van der Waals surface area contributed by atoms with Gasteiger partial charge in [-0.05, 0) is 0 Å². The summed E-state index contributed by atoms with van der Waals surface area (Å²) in [5.74, 6) is 6.21. The smallest absolute Gasteiger partial charge is 0.0760 e. The molecule has 0 bridgehead atoms. The summed E-state index contributed by atoms with van der Waals surface area (Å²) in [5, 5.41) is 0.934. The van der Waals surface area contributed by atoms with Crippen LogP contribution in [0.3, 0.4) is 0 Å². The van der Waals surface area contributed by atoms with E-state index in [0.717, 1.165) is 0 Å². The van der Waals surface area contributed by atoms with Crippen molar-refractivity contribution in [3.63, 3.8) is 0 Å². The van der Waals surface area contributed by atoms with Gasteiger partial charge in [0.1, 0.15) is 0 Å². The molecular formula is C9H6Cl3N. The second kappa shape index (κ2) is 5.34. The minimum Gasteiger partial charge on any atom is -0.262 e. The number of halogens is 3. The summed E-state index contributed by atoms with van der Waals surface area (Å²) in [5.41, 5.74) is 0.614. The van der Waals surface area contributed by atoms with E-state index in [0.29, 0.717) is 27.9 Å². The maximum Gasteiger partial charge on any atom is 0.0760 e. The van der Waals surface area contributed by atoms with Crippen molar-refractivity contribution >= 4 is 34.8 Å². The summed E-state index contributed by atoms with van der Waals surface area (Å²) in [6.07, 6.45) is 3.65. The molecule has 0 unspecified atom stereocenters. The molecule has 0 spiro atoms. The van der Waals surface area contributed by atoms with E-state index >= 15 is 0 Å². The first-order valence-corrected chi connectivity index (χ1v) is 4.88. The third kappa shape index (κ3) is 3.08. The highest BCUT2D eigenvalue weighted by atomic mass is 35.5. The summed E-state index contributed by atoms with van der Waals surface area (Å²) in [7, 11) is 0. The second-order valence-electron chi connectivity index (χ2n) is 2.22. The number of alkyl halides is 1. The van der Waals surface area contributed by atoms with Crippen LogP contribution in [0.25, 0.3) is 0 Å². The summed E-state index contributed by atoms with van der Waals surface area (Å²) in [6, 6.07) is 0. The van der Waals surface area contributed by atoms with Gasteiger partial charge in [0.2, 0.25) is 0 Å². The molecule has 0 aliphatic carbocycles. The Balaban J connectivity index is 2.95. The number of hydrogen-bond donors (Lipinski definition) is 0. The number of rotatable bonds is 1. The number of pyridine rings is 1. The number of aromatic nitrogens is 1. The van der Waals surface area contributed by atoms with Crippen molar-refractivity contribution in [2.75, 3.05) is 5.88 Å². The van der Waals surface area contributed by atoms with E-state index in [4.69, 9.17) is 34.8 Å². The molecule has 0 amide bonds. The Morgan fingerprint density at radius 1 is 1.23 bits per heavy atom. The van der Waals surface area contributed by atoms with Crippen LogP contribution in [0.15, 0.2) is 12.4 Å². The van der Waals surface area contributed by atoms with Gasteiger partial charge < -0.3 is 0 Å². The SMILES string of the molecule is ClCCC#Cc1c(Cl)cncc1Cl. The summed E-state index contributed by atoms with van der Waals surface area (Å²) < 4.78 is 0. The zero-order valence-electron chi connectivity index (χ0n) is 6.65. The fourth-order valence-corrected chi connectivity index (χ4v) is 1.28. The molecule has 0 radical (unpaired) electrons. The molecule has 1 aromatic rings. The summed E-state index contributed by atoms with van der Waals surface area (Å²) in [6.45, 7) is 0. The lowest BCUT2D eigenvalue weighted by Crippen LogP contribution is -1.82. The van der Waals surface area contributed by atoms with Crippen molar-refractivity contribution in [2.24, 2.45) is 0 Å². The van der Waals surface area contributed by atoms with Crippen molar-refractivity contribution in [1.29, 1.82) is 0 Å². The topological polar surface area (TPSA) is 12.9 Å². The standard InChI is InChI=1S/C9H6Cl3N/c10-4-2-1-3-7-8(11)5-13-6-9(7)12/h5-6H,2,4H2. The predicted octanol–water partition coefficient (Wildman–Crippen LogP) is 3.37. The van der Waals surface area contributed by atoms with E-state index in [1.54, 1.807) is 0 Å². The fourth-order valence-electron chi connectivity index (χ4n) is 0.729. The monoisotopic (exact) mass is 233 g/mol. The van der Waals surface area contributed by atoms with Crippen LogP contribution in [0.1, 0.15) is 12.0 Å². The van der Waals surface area contributed by atoms with Crippen molar-refractivity contribution < 1.29 is 0 Å². The van der Waals surface area contributed by atoms with Gasteiger partial charge in [0, 0.05) is 24.7 Å². The highest BCUT2D eigenvalue weighted by Gasteiger charge is 2.01. The van der Waals surface area contributed by atoms with Crippen molar-refractivity contribution in [3.8, 4) is 11.8 Å². The van der Waals surface area contributed by atoms with Crippen LogP contribution in [0.5, 0.6) is 0 Å². The summed E-state index contributed by atoms with van der Waals surface area (Å²) in [4.78, 5) is 3.81. The Labute approximate surface area is 92.0 Å². The highest BCUT2D eigenvalue weighted by molar-refractivity contribution is 6.36. The predicted molar refractivity (Wildman–Crippen MR) is 56.5 cm³/mol. The molecule has 1 aromatic heterocycles. The third-order valence-corrected chi connectivity index (χ3v) is 2.05. The Morgan fingerprint density at radius 3 is 2.38 bits per heavy atom. The van der Waals surface area contributed by atoms with E-state index in [2.05, 4.69) is 16.8 Å². The lowest BCUT2D eigenvalue weighted by atomic mass is 10.2. The van der Waals surface area contributed by atoms with Gasteiger partial charge >= 0.3 is 0 Å². The lowest BCUT2D eigenvalue weighted by molar-refractivity contribution is 1.28. The van der Waals surface area contributed by atoms with Gasteiger partial charge in [0.15, 0.2) is 0 Å². The normalized spacial score (nSPS) is 9.15. The first kappa shape index (κ1) is 10.7. The maximum absolute atomic E-state index is 5.83. The molecular weight excluding hydrogens is 228 g/mol. The molecule has 4 heteroatoms. The van der Waals surface area contributed by atoms with E-state index in [9.17, 15) is 0 Å². The molecule has 1 rings (SSSR count). The van der Waals surface area contributed by atoms with E-state index < -0.39 is 0 Å². The van der Waals surface area contributed by atoms with Crippen LogP contribution in [-0.4, -0.2) is 10.9 Å². The fraction of sp³-hybridized carbons (Fsp3) is 0.222. The minimum atomic E-state index is 0.467. The van der Waals surface area contributed by atoms with Crippen molar-refractivity contribution in [1.82, 2.24) is 4.98 Å².